The van der Waals surface area contributed by atoms with Gasteiger partial charge in [0.15, 0.2) is 10.9 Å². The van der Waals surface area contributed by atoms with Crippen LogP contribution in [0.1, 0.15) is 42.4 Å². The Kier molecular flexibility index (Phi) is 6.04. The Balaban J connectivity index is 2.03. The fourth-order valence-corrected chi connectivity index (χ4v) is 2.98. The van der Waals surface area contributed by atoms with Crippen LogP contribution in [0.15, 0.2) is 35.7 Å². The van der Waals surface area contributed by atoms with Gasteiger partial charge in [-0.1, -0.05) is 38.1 Å². The largest absolute Gasteiger partial charge is 0.291 e. The molecule has 1 amide bonds. The SMILES string of the molecule is CC(=O)N(C)c1nc(C=CC(=O)c2ccc(CC(C)C)cc2)cs1. The van der Waals surface area contributed by atoms with Gasteiger partial charge in [0.05, 0.1) is 5.69 Å². The lowest BCUT2D eigenvalue weighted by Gasteiger charge is -2.09. The summed E-state index contributed by atoms with van der Waals surface area (Å²) in [5.74, 6) is 0.469. The number of aromatic nitrogens is 1. The molecule has 24 heavy (non-hydrogen) atoms. The highest BCUT2D eigenvalue weighted by Gasteiger charge is 2.09. The normalized spacial score (nSPS) is 11.2. The van der Waals surface area contributed by atoms with E-state index in [2.05, 4.69) is 18.8 Å². The molecule has 126 valence electrons. The van der Waals surface area contributed by atoms with E-state index < -0.39 is 0 Å². The van der Waals surface area contributed by atoms with Gasteiger partial charge in [0.2, 0.25) is 5.91 Å². The van der Waals surface area contributed by atoms with E-state index in [1.54, 1.807) is 13.1 Å². The molecular weight excluding hydrogens is 320 g/mol. The Labute approximate surface area is 146 Å². The van der Waals surface area contributed by atoms with Crippen molar-refractivity contribution in [2.45, 2.75) is 27.2 Å². The minimum absolute atomic E-state index is 0.0550. The van der Waals surface area contributed by atoms with Gasteiger partial charge >= 0.3 is 0 Å². The first-order valence-corrected chi connectivity index (χ1v) is 8.76. The molecule has 0 saturated heterocycles. The fraction of sp³-hybridized carbons (Fsp3) is 0.316. The molecule has 0 saturated carbocycles. The van der Waals surface area contributed by atoms with Crippen LogP contribution in [0.2, 0.25) is 0 Å². The van der Waals surface area contributed by atoms with Crippen molar-refractivity contribution < 1.29 is 9.59 Å². The summed E-state index contributed by atoms with van der Waals surface area (Å²) in [5, 5.41) is 2.44. The number of ketones is 1. The lowest BCUT2D eigenvalue weighted by molar-refractivity contribution is -0.116. The van der Waals surface area contributed by atoms with Crippen molar-refractivity contribution in [1.82, 2.24) is 4.98 Å². The monoisotopic (exact) mass is 342 g/mol. The molecule has 0 N–H and O–H groups in total. The highest BCUT2D eigenvalue weighted by atomic mass is 32.1. The first kappa shape index (κ1) is 18.1. The molecule has 0 aliphatic carbocycles. The number of anilines is 1. The Morgan fingerprint density at radius 3 is 2.50 bits per heavy atom. The van der Waals surface area contributed by atoms with Crippen LogP contribution >= 0.6 is 11.3 Å². The second-order valence-corrected chi connectivity index (χ2v) is 6.96. The molecule has 4 nitrogen and oxygen atoms in total. The van der Waals surface area contributed by atoms with E-state index in [4.69, 9.17) is 0 Å². The van der Waals surface area contributed by atoms with Crippen LogP contribution in [0.25, 0.3) is 6.08 Å². The molecule has 0 bridgehead atoms. The van der Waals surface area contributed by atoms with Gasteiger partial charge in [-0.3, -0.25) is 14.5 Å². The van der Waals surface area contributed by atoms with Crippen molar-refractivity contribution in [3.63, 3.8) is 0 Å². The molecule has 1 aromatic heterocycles. The second kappa shape index (κ2) is 8.02. The van der Waals surface area contributed by atoms with Gasteiger partial charge < -0.3 is 0 Å². The van der Waals surface area contributed by atoms with Gasteiger partial charge in [-0.2, -0.15) is 0 Å². The van der Waals surface area contributed by atoms with Crippen LogP contribution < -0.4 is 4.90 Å². The van der Waals surface area contributed by atoms with Gasteiger partial charge in [0.1, 0.15) is 0 Å². The number of allylic oxidation sites excluding steroid dienone is 1. The first-order chi connectivity index (χ1) is 11.4. The van der Waals surface area contributed by atoms with E-state index in [1.165, 1.54) is 34.8 Å². The summed E-state index contributed by atoms with van der Waals surface area (Å²) in [6.45, 7) is 5.84. The number of hydrogen-bond donors (Lipinski definition) is 0. The second-order valence-electron chi connectivity index (χ2n) is 6.13. The lowest BCUT2D eigenvalue weighted by atomic mass is 10.0. The predicted octanol–water partition coefficient (Wildman–Crippen LogP) is 4.22. The number of benzene rings is 1. The Bertz CT molecular complexity index is 745. The van der Waals surface area contributed by atoms with E-state index in [1.807, 2.05) is 29.6 Å². The topological polar surface area (TPSA) is 50.3 Å². The number of thiazole rings is 1. The number of rotatable bonds is 6. The van der Waals surface area contributed by atoms with E-state index in [0.29, 0.717) is 22.3 Å². The molecule has 1 heterocycles. The summed E-state index contributed by atoms with van der Waals surface area (Å²) in [7, 11) is 1.68. The van der Waals surface area contributed by atoms with E-state index >= 15 is 0 Å². The third-order valence-corrected chi connectivity index (χ3v) is 4.49. The molecule has 0 atom stereocenters. The Hall–Kier alpha value is -2.27. The average molecular weight is 342 g/mol. The molecule has 2 rings (SSSR count). The van der Waals surface area contributed by atoms with Gasteiger partial charge in [-0.15, -0.1) is 11.3 Å². The van der Waals surface area contributed by atoms with Crippen molar-refractivity contribution in [3.05, 3.63) is 52.5 Å². The zero-order valence-electron chi connectivity index (χ0n) is 14.4. The number of nitrogens with zero attached hydrogens (tertiary/aromatic N) is 2. The maximum Gasteiger partial charge on any atom is 0.225 e. The molecule has 0 fully saturated rings. The molecule has 0 aliphatic rings. The minimum atomic E-state index is -0.0718. The summed E-state index contributed by atoms with van der Waals surface area (Å²) in [6, 6.07) is 7.73. The smallest absolute Gasteiger partial charge is 0.225 e. The van der Waals surface area contributed by atoms with Crippen LogP contribution in [-0.4, -0.2) is 23.7 Å². The predicted molar refractivity (Wildman–Crippen MR) is 99.5 cm³/mol. The average Bonchev–Trinajstić information content (AvgIpc) is 3.00. The van der Waals surface area contributed by atoms with Crippen LogP contribution in [0, 0.1) is 5.92 Å². The maximum absolute atomic E-state index is 12.2. The van der Waals surface area contributed by atoms with Gasteiger partial charge in [-0.25, -0.2) is 4.98 Å². The molecule has 0 aliphatic heterocycles. The van der Waals surface area contributed by atoms with Crippen LogP contribution in [0.3, 0.4) is 0 Å². The minimum Gasteiger partial charge on any atom is -0.291 e. The number of carbonyl (C=O) groups excluding carboxylic acids is 2. The van der Waals surface area contributed by atoms with Crippen molar-refractivity contribution in [1.29, 1.82) is 0 Å². The fourth-order valence-electron chi connectivity index (χ4n) is 2.18. The summed E-state index contributed by atoms with van der Waals surface area (Å²) in [4.78, 5) is 29.4. The molecule has 5 heteroatoms. The summed E-state index contributed by atoms with van der Waals surface area (Å²) in [5.41, 5.74) is 2.57. The number of amides is 1. The number of hydrogen-bond acceptors (Lipinski definition) is 4. The zero-order valence-corrected chi connectivity index (χ0v) is 15.3. The molecule has 0 unspecified atom stereocenters. The van der Waals surface area contributed by atoms with Crippen molar-refractivity contribution >= 4 is 34.2 Å². The van der Waals surface area contributed by atoms with Gasteiger partial charge in [0, 0.05) is 24.9 Å². The van der Waals surface area contributed by atoms with E-state index in [0.717, 1.165) is 6.42 Å². The van der Waals surface area contributed by atoms with E-state index in [9.17, 15) is 9.59 Å². The standard InChI is InChI=1S/C19H22N2O2S/c1-13(2)11-15-5-7-16(8-6-15)18(23)10-9-17-12-24-19(20-17)21(4)14(3)22/h5-10,12-13H,11H2,1-4H3. The van der Waals surface area contributed by atoms with Gasteiger partial charge in [0.25, 0.3) is 0 Å². The summed E-state index contributed by atoms with van der Waals surface area (Å²) >= 11 is 1.37. The molecule has 0 spiro atoms. The third-order valence-electron chi connectivity index (χ3n) is 3.56. The van der Waals surface area contributed by atoms with Crippen molar-refractivity contribution in [2.24, 2.45) is 5.92 Å². The van der Waals surface area contributed by atoms with Crippen LogP contribution in [0.4, 0.5) is 5.13 Å². The highest BCUT2D eigenvalue weighted by molar-refractivity contribution is 7.14. The summed E-state index contributed by atoms with van der Waals surface area (Å²) in [6.07, 6.45) is 4.21. The van der Waals surface area contributed by atoms with Crippen molar-refractivity contribution in [2.75, 3.05) is 11.9 Å². The van der Waals surface area contributed by atoms with Gasteiger partial charge in [-0.05, 0) is 30.1 Å². The first-order valence-electron chi connectivity index (χ1n) is 7.88. The summed E-state index contributed by atoms with van der Waals surface area (Å²) < 4.78 is 0. The van der Waals surface area contributed by atoms with Crippen LogP contribution in [-0.2, 0) is 11.2 Å². The molecular formula is C19H22N2O2S. The lowest BCUT2D eigenvalue weighted by Crippen LogP contribution is -2.22. The quantitative estimate of drug-likeness (QED) is 0.583. The molecule has 1 aromatic carbocycles. The Morgan fingerprint density at radius 2 is 1.92 bits per heavy atom. The third kappa shape index (κ3) is 4.86. The molecule has 2 aromatic rings. The van der Waals surface area contributed by atoms with Crippen LogP contribution in [0.5, 0.6) is 0 Å². The highest BCUT2D eigenvalue weighted by Crippen LogP contribution is 2.20. The number of carbonyl (C=O) groups is 2. The zero-order chi connectivity index (χ0) is 17.7. The maximum atomic E-state index is 12.2. The Morgan fingerprint density at radius 1 is 1.25 bits per heavy atom. The van der Waals surface area contributed by atoms with Crippen molar-refractivity contribution in [3.8, 4) is 0 Å². The van der Waals surface area contributed by atoms with E-state index in [-0.39, 0.29) is 11.7 Å². The molecule has 0 radical (unpaired) electrons.